The molecule has 2 aromatic carbocycles. The standard InChI is InChI=1S/C18H15ClF2N2O2S2/c19-17-8-9-18(26-17)27(24,25)22-11-16(12-4-2-1-3-5-12)23-13-6-7-14(20)15(21)10-13/h1-10,16,22-23H,11H2/t16-/m0/s1. The summed E-state index contributed by atoms with van der Waals surface area (Å²) in [5, 5.41) is 3.04. The van der Waals surface area contributed by atoms with E-state index in [4.69, 9.17) is 11.6 Å². The lowest BCUT2D eigenvalue weighted by Crippen LogP contribution is -2.31. The van der Waals surface area contributed by atoms with Crippen LogP contribution in [0.3, 0.4) is 0 Å². The fraction of sp³-hybridized carbons (Fsp3) is 0.111. The van der Waals surface area contributed by atoms with E-state index in [-0.39, 0.29) is 10.8 Å². The van der Waals surface area contributed by atoms with Gasteiger partial charge in [-0.25, -0.2) is 21.9 Å². The average Bonchev–Trinajstić information content (AvgIpc) is 3.10. The molecule has 0 bridgehead atoms. The van der Waals surface area contributed by atoms with Crippen LogP contribution in [0.15, 0.2) is 64.9 Å². The predicted molar refractivity (Wildman–Crippen MR) is 104 cm³/mol. The Bertz CT molecular complexity index is 1030. The first-order valence-electron chi connectivity index (χ1n) is 7.87. The van der Waals surface area contributed by atoms with Crippen molar-refractivity contribution in [1.82, 2.24) is 4.72 Å². The van der Waals surface area contributed by atoms with Gasteiger partial charge < -0.3 is 5.32 Å². The SMILES string of the molecule is O=S(=O)(NC[C@H](Nc1ccc(F)c(F)c1)c1ccccc1)c1ccc(Cl)s1. The lowest BCUT2D eigenvalue weighted by atomic mass is 10.1. The first-order chi connectivity index (χ1) is 12.8. The second kappa shape index (κ2) is 8.35. The van der Waals surface area contributed by atoms with Crippen molar-refractivity contribution in [3.8, 4) is 0 Å². The number of thiophene rings is 1. The number of hydrogen-bond donors (Lipinski definition) is 2. The van der Waals surface area contributed by atoms with E-state index in [0.29, 0.717) is 10.0 Å². The summed E-state index contributed by atoms with van der Waals surface area (Å²) in [4.78, 5) is 0. The molecule has 0 spiro atoms. The van der Waals surface area contributed by atoms with Crippen LogP contribution in [0.2, 0.25) is 4.34 Å². The summed E-state index contributed by atoms with van der Waals surface area (Å²) < 4.78 is 54.5. The highest BCUT2D eigenvalue weighted by Gasteiger charge is 2.20. The van der Waals surface area contributed by atoms with Gasteiger partial charge in [-0.2, -0.15) is 0 Å². The van der Waals surface area contributed by atoms with Gasteiger partial charge in [-0.05, 0) is 29.8 Å². The van der Waals surface area contributed by atoms with Crippen LogP contribution in [0, 0.1) is 11.6 Å². The van der Waals surface area contributed by atoms with E-state index in [1.54, 1.807) is 0 Å². The maximum Gasteiger partial charge on any atom is 0.250 e. The lowest BCUT2D eigenvalue weighted by Gasteiger charge is -2.21. The summed E-state index contributed by atoms with van der Waals surface area (Å²) in [6, 6.07) is 14.9. The quantitative estimate of drug-likeness (QED) is 0.567. The normalized spacial score (nSPS) is 12.7. The topological polar surface area (TPSA) is 58.2 Å². The number of sulfonamides is 1. The highest BCUT2D eigenvalue weighted by Crippen LogP contribution is 2.26. The molecule has 0 aliphatic rings. The van der Waals surface area contributed by atoms with Crippen molar-refractivity contribution in [3.63, 3.8) is 0 Å². The highest BCUT2D eigenvalue weighted by atomic mass is 35.5. The molecule has 3 aromatic rings. The number of anilines is 1. The van der Waals surface area contributed by atoms with Gasteiger partial charge in [-0.15, -0.1) is 11.3 Å². The number of nitrogens with one attached hydrogen (secondary N) is 2. The van der Waals surface area contributed by atoms with E-state index in [1.165, 1.54) is 18.2 Å². The van der Waals surface area contributed by atoms with Crippen LogP contribution in [-0.4, -0.2) is 15.0 Å². The fourth-order valence-electron chi connectivity index (χ4n) is 2.43. The number of benzene rings is 2. The summed E-state index contributed by atoms with van der Waals surface area (Å²) in [6.07, 6.45) is 0. The Morgan fingerprint density at radius 1 is 1.00 bits per heavy atom. The van der Waals surface area contributed by atoms with Crippen molar-refractivity contribution in [2.24, 2.45) is 0 Å². The summed E-state index contributed by atoms with van der Waals surface area (Å²) in [5.41, 5.74) is 1.12. The molecule has 3 rings (SSSR count). The van der Waals surface area contributed by atoms with Crippen molar-refractivity contribution in [3.05, 3.63) is 82.2 Å². The van der Waals surface area contributed by atoms with Crippen molar-refractivity contribution in [2.75, 3.05) is 11.9 Å². The molecule has 0 amide bonds. The zero-order chi connectivity index (χ0) is 19.4. The molecule has 9 heteroatoms. The van der Waals surface area contributed by atoms with Gasteiger partial charge in [0.2, 0.25) is 10.0 Å². The summed E-state index contributed by atoms with van der Waals surface area (Å²) in [6.45, 7) is 0.000854. The van der Waals surface area contributed by atoms with Crippen molar-refractivity contribution < 1.29 is 17.2 Å². The predicted octanol–water partition coefficient (Wildman–Crippen LogP) is 4.81. The minimum Gasteiger partial charge on any atom is -0.377 e. The number of rotatable bonds is 7. The van der Waals surface area contributed by atoms with Gasteiger partial charge >= 0.3 is 0 Å². The zero-order valence-electron chi connectivity index (χ0n) is 13.8. The van der Waals surface area contributed by atoms with Crippen LogP contribution in [0.4, 0.5) is 14.5 Å². The summed E-state index contributed by atoms with van der Waals surface area (Å²) >= 11 is 6.76. The van der Waals surface area contributed by atoms with Gasteiger partial charge in [-0.1, -0.05) is 41.9 Å². The zero-order valence-corrected chi connectivity index (χ0v) is 16.2. The molecule has 1 heterocycles. The van der Waals surface area contributed by atoms with Crippen LogP contribution in [-0.2, 0) is 10.0 Å². The second-order valence-corrected chi connectivity index (χ2v) is 9.36. The Labute approximate surface area is 164 Å². The Morgan fingerprint density at radius 3 is 2.37 bits per heavy atom. The third-order valence-electron chi connectivity index (χ3n) is 3.75. The van der Waals surface area contributed by atoms with Crippen LogP contribution < -0.4 is 10.0 Å². The Balaban J connectivity index is 1.81. The first kappa shape index (κ1) is 19.8. The molecule has 4 nitrogen and oxygen atoms in total. The number of halogens is 3. The molecular weight excluding hydrogens is 414 g/mol. The van der Waals surface area contributed by atoms with Gasteiger partial charge in [0, 0.05) is 18.3 Å². The largest absolute Gasteiger partial charge is 0.377 e. The Kier molecular flexibility index (Phi) is 6.11. The summed E-state index contributed by atoms with van der Waals surface area (Å²) in [7, 11) is -3.74. The molecule has 142 valence electrons. The molecule has 0 radical (unpaired) electrons. The average molecular weight is 429 g/mol. The van der Waals surface area contributed by atoms with E-state index >= 15 is 0 Å². The van der Waals surface area contributed by atoms with Crippen molar-refractivity contribution in [1.29, 1.82) is 0 Å². The van der Waals surface area contributed by atoms with E-state index in [9.17, 15) is 17.2 Å². The van der Waals surface area contributed by atoms with Gasteiger partial charge in [0.05, 0.1) is 10.4 Å². The van der Waals surface area contributed by atoms with Crippen LogP contribution in [0.25, 0.3) is 0 Å². The molecule has 27 heavy (non-hydrogen) atoms. The number of hydrogen-bond acceptors (Lipinski definition) is 4. The smallest absolute Gasteiger partial charge is 0.250 e. The van der Waals surface area contributed by atoms with Gasteiger partial charge in [0.25, 0.3) is 0 Å². The molecule has 0 saturated heterocycles. The molecule has 1 atom stereocenters. The van der Waals surface area contributed by atoms with Gasteiger partial charge in [0.1, 0.15) is 4.21 Å². The summed E-state index contributed by atoms with van der Waals surface area (Å²) in [5.74, 6) is -1.94. The first-order valence-corrected chi connectivity index (χ1v) is 10.5. The lowest BCUT2D eigenvalue weighted by molar-refractivity contribution is 0.509. The van der Waals surface area contributed by atoms with E-state index in [1.807, 2.05) is 30.3 Å². The maximum absolute atomic E-state index is 13.5. The molecule has 1 aromatic heterocycles. The third kappa shape index (κ3) is 5.04. The van der Waals surface area contributed by atoms with Gasteiger partial charge in [-0.3, -0.25) is 0 Å². The van der Waals surface area contributed by atoms with Crippen LogP contribution in [0.5, 0.6) is 0 Å². The van der Waals surface area contributed by atoms with E-state index in [2.05, 4.69) is 10.0 Å². The van der Waals surface area contributed by atoms with E-state index < -0.39 is 27.7 Å². The minimum absolute atomic E-state index is 0.000854. The molecule has 0 unspecified atom stereocenters. The van der Waals surface area contributed by atoms with Crippen LogP contribution in [0.1, 0.15) is 11.6 Å². The molecule has 0 aliphatic heterocycles. The molecule has 2 N–H and O–H groups in total. The minimum atomic E-state index is -3.74. The second-order valence-electron chi connectivity index (χ2n) is 5.65. The fourth-order valence-corrected chi connectivity index (χ4v) is 5.01. The molecule has 0 fully saturated rings. The Morgan fingerprint density at radius 2 is 1.74 bits per heavy atom. The van der Waals surface area contributed by atoms with Gasteiger partial charge in [0.15, 0.2) is 11.6 Å². The van der Waals surface area contributed by atoms with Crippen molar-refractivity contribution in [2.45, 2.75) is 10.3 Å². The van der Waals surface area contributed by atoms with E-state index in [0.717, 1.165) is 29.0 Å². The Hall–Kier alpha value is -2.00. The van der Waals surface area contributed by atoms with Crippen molar-refractivity contribution >= 4 is 38.6 Å². The highest BCUT2D eigenvalue weighted by molar-refractivity contribution is 7.91. The maximum atomic E-state index is 13.5. The molecule has 0 saturated carbocycles. The monoisotopic (exact) mass is 428 g/mol. The third-order valence-corrected chi connectivity index (χ3v) is 6.90. The molecular formula is C18H15ClF2N2O2S2. The van der Waals surface area contributed by atoms with Crippen LogP contribution >= 0.6 is 22.9 Å². The molecule has 0 aliphatic carbocycles.